The third kappa shape index (κ3) is 6.05. The fourth-order valence-corrected chi connectivity index (χ4v) is 1.29. The Balaban J connectivity index is 2.44. The Morgan fingerprint density at radius 1 is 1.58 bits per heavy atom. The van der Waals surface area contributed by atoms with E-state index in [0.717, 1.165) is 0 Å². The lowest BCUT2D eigenvalue weighted by Crippen LogP contribution is -2.32. The number of alkyl carbamates (subject to hydrolysis) is 1. The monoisotopic (exact) mass is 284 g/mol. The van der Waals surface area contributed by atoms with Crippen molar-refractivity contribution in [1.82, 2.24) is 15.3 Å². The fourth-order valence-electron chi connectivity index (χ4n) is 1.15. The van der Waals surface area contributed by atoms with Gasteiger partial charge in [0.05, 0.1) is 0 Å². The molecule has 0 aliphatic rings. The number of amides is 1. The van der Waals surface area contributed by atoms with E-state index in [2.05, 4.69) is 15.3 Å². The molecule has 6 nitrogen and oxygen atoms in total. The second kappa shape index (κ2) is 6.38. The molecule has 0 spiro atoms. The van der Waals surface area contributed by atoms with Crippen molar-refractivity contribution in [3.63, 3.8) is 0 Å². The molecule has 1 rings (SSSR count). The van der Waals surface area contributed by atoms with E-state index >= 15 is 0 Å². The molecular formula is C12H17ClN4O2. The van der Waals surface area contributed by atoms with Crippen LogP contribution in [0.5, 0.6) is 0 Å². The highest BCUT2D eigenvalue weighted by Crippen LogP contribution is 2.11. The summed E-state index contributed by atoms with van der Waals surface area (Å²) in [7, 11) is 0. The number of ether oxygens (including phenoxy) is 1. The van der Waals surface area contributed by atoms with E-state index in [1.165, 1.54) is 6.20 Å². The van der Waals surface area contributed by atoms with Crippen molar-refractivity contribution >= 4 is 29.6 Å². The molecule has 0 fully saturated rings. The van der Waals surface area contributed by atoms with Gasteiger partial charge >= 0.3 is 6.09 Å². The molecule has 0 radical (unpaired) electrons. The van der Waals surface area contributed by atoms with Crippen LogP contribution >= 0.6 is 11.6 Å². The van der Waals surface area contributed by atoms with Gasteiger partial charge in [0.25, 0.3) is 0 Å². The summed E-state index contributed by atoms with van der Waals surface area (Å²) in [5, 5.41) is 2.68. The number of nitrogens with one attached hydrogen (secondary N) is 1. The molecule has 0 saturated carbocycles. The Morgan fingerprint density at radius 3 is 2.84 bits per heavy atom. The molecule has 0 bridgehead atoms. The third-order valence-corrected chi connectivity index (χ3v) is 2.06. The first kappa shape index (κ1) is 15.2. The summed E-state index contributed by atoms with van der Waals surface area (Å²) in [4.78, 5) is 19.0. The maximum absolute atomic E-state index is 11.3. The Kier molecular flexibility index (Phi) is 5.11. The van der Waals surface area contributed by atoms with Gasteiger partial charge < -0.3 is 15.8 Å². The minimum absolute atomic E-state index is 0.0986. The summed E-state index contributed by atoms with van der Waals surface area (Å²) in [5.41, 5.74) is 5.77. The maximum atomic E-state index is 11.3. The van der Waals surface area contributed by atoms with E-state index in [4.69, 9.17) is 22.1 Å². The van der Waals surface area contributed by atoms with Gasteiger partial charge in [0.2, 0.25) is 5.28 Å². The fraction of sp³-hybridized carbons (Fsp3) is 0.417. The lowest BCUT2D eigenvalue weighted by Gasteiger charge is -2.19. The minimum atomic E-state index is -0.512. The van der Waals surface area contributed by atoms with Crippen LogP contribution < -0.4 is 11.1 Å². The molecule has 0 aromatic carbocycles. The lowest BCUT2D eigenvalue weighted by molar-refractivity contribution is 0.0534. The zero-order chi connectivity index (χ0) is 14.5. The van der Waals surface area contributed by atoms with Crippen molar-refractivity contribution in [3.8, 4) is 0 Å². The van der Waals surface area contributed by atoms with Gasteiger partial charge in [-0.25, -0.2) is 14.8 Å². The first-order valence-corrected chi connectivity index (χ1v) is 6.07. The molecule has 1 amide bonds. The average molecular weight is 285 g/mol. The number of carbonyl (C=O) groups is 1. The average Bonchev–Trinajstić information content (AvgIpc) is 2.24. The molecule has 104 valence electrons. The predicted octanol–water partition coefficient (Wildman–Crippen LogP) is 2.25. The highest BCUT2D eigenvalue weighted by atomic mass is 35.5. The van der Waals surface area contributed by atoms with Crippen molar-refractivity contribution in [3.05, 3.63) is 23.1 Å². The summed E-state index contributed by atoms with van der Waals surface area (Å²) in [5.74, 6) is 0.286. The number of hydrogen-bond acceptors (Lipinski definition) is 5. The Hall–Kier alpha value is -1.82. The number of nitrogens with two attached hydrogens (primary N) is 1. The van der Waals surface area contributed by atoms with Gasteiger partial charge in [-0.15, -0.1) is 0 Å². The zero-order valence-electron chi connectivity index (χ0n) is 11.1. The number of halogens is 1. The Bertz CT molecular complexity index is 483. The first-order valence-electron chi connectivity index (χ1n) is 5.69. The molecule has 3 N–H and O–H groups in total. The Labute approximate surface area is 117 Å². The van der Waals surface area contributed by atoms with Crippen LogP contribution in [0.4, 0.5) is 10.6 Å². The van der Waals surface area contributed by atoms with Gasteiger partial charge in [0.15, 0.2) is 0 Å². The quantitative estimate of drug-likeness (QED) is 0.831. The number of rotatable bonds is 3. The van der Waals surface area contributed by atoms with Crippen LogP contribution in [0.25, 0.3) is 6.08 Å². The van der Waals surface area contributed by atoms with E-state index < -0.39 is 11.7 Å². The van der Waals surface area contributed by atoms with Crippen molar-refractivity contribution in [1.29, 1.82) is 0 Å². The van der Waals surface area contributed by atoms with E-state index in [1.54, 1.807) is 32.9 Å². The molecule has 19 heavy (non-hydrogen) atoms. The molecule has 0 unspecified atom stereocenters. The number of nitrogens with zero attached hydrogens (tertiary/aromatic N) is 2. The van der Waals surface area contributed by atoms with Gasteiger partial charge in [0.1, 0.15) is 11.4 Å². The topological polar surface area (TPSA) is 90.1 Å². The number of aromatic nitrogens is 2. The standard InChI is InChI=1S/C12H17ClN4O2/c1-12(2,3)19-11(18)15-6-4-5-8-7-16-10(13)17-9(8)14/h4-5,7H,6H2,1-3H3,(H,15,18)(H2,14,16,17). The van der Waals surface area contributed by atoms with Crippen molar-refractivity contribution in [2.45, 2.75) is 26.4 Å². The largest absolute Gasteiger partial charge is 0.444 e. The summed E-state index contributed by atoms with van der Waals surface area (Å²) < 4.78 is 5.08. The molecule has 1 heterocycles. The number of hydrogen-bond donors (Lipinski definition) is 2. The molecule has 7 heteroatoms. The summed E-state index contributed by atoms with van der Waals surface area (Å²) in [6, 6.07) is 0. The second-order valence-electron chi connectivity index (χ2n) is 4.76. The zero-order valence-corrected chi connectivity index (χ0v) is 11.9. The van der Waals surface area contributed by atoms with E-state index in [0.29, 0.717) is 12.1 Å². The Morgan fingerprint density at radius 2 is 2.26 bits per heavy atom. The molecule has 1 aromatic rings. The van der Waals surface area contributed by atoms with Crippen LogP contribution in [-0.2, 0) is 4.74 Å². The van der Waals surface area contributed by atoms with Crippen LogP contribution in [0.15, 0.2) is 12.3 Å². The van der Waals surface area contributed by atoms with Crippen LogP contribution in [0.3, 0.4) is 0 Å². The van der Waals surface area contributed by atoms with Gasteiger partial charge in [-0.05, 0) is 32.4 Å². The molecule has 0 aliphatic heterocycles. The van der Waals surface area contributed by atoms with E-state index in [-0.39, 0.29) is 11.1 Å². The van der Waals surface area contributed by atoms with Crippen LogP contribution in [0.1, 0.15) is 26.3 Å². The van der Waals surface area contributed by atoms with Crippen LogP contribution in [0, 0.1) is 0 Å². The minimum Gasteiger partial charge on any atom is -0.444 e. The third-order valence-electron chi connectivity index (χ3n) is 1.88. The van der Waals surface area contributed by atoms with Gasteiger partial charge in [0, 0.05) is 18.3 Å². The highest BCUT2D eigenvalue weighted by Gasteiger charge is 2.14. The van der Waals surface area contributed by atoms with Gasteiger partial charge in [-0.1, -0.05) is 12.2 Å². The van der Waals surface area contributed by atoms with Crippen LogP contribution in [0.2, 0.25) is 5.28 Å². The summed E-state index contributed by atoms with van der Waals surface area (Å²) >= 11 is 5.58. The summed E-state index contributed by atoms with van der Waals surface area (Å²) in [6.07, 6.45) is 4.45. The first-order chi connectivity index (χ1) is 8.78. The molecule has 0 saturated heterocycles. The van der Waals surface area contributed by atoms with Crippen molar-refractivity contribution in [2.24, 2.45) is 0 Å². The molecule has 0 atom stereocenters. The normalized spacial score (nSPS) is 11.6. The highest BCUT2D eigenvalue weighted by molar-refractivity contribution is 6.28. The number of anilines is 1. The summed E-state index contributed by atoms with van der Waals surface area (Å²) in [6.45, 7) is 5.72. The second-order valence-corrected chi connectivity index (χ2v) is 5.10. The van der Waals surface area contributed by atoms with Crippen LogP contribution in [-0.4, -0.2) is 28.2 Å². The van der Waals surface area contributed by atoms with Gasteiger partial charge in [-0.2, -0.15) is 0 Å². The van der Waals surface area contributed by atoms with E-state index in [9.17, 15) is 4.79 Å². The SMILES string of the molecule is CC(C)(C)OC(=O)NCC=Cc1cnc(Cl)nc1N. The number of carbonyl (C=O) groups excluding carboxylic acids is 1. The predicted molar refractivity (Wildman–Crippen MR) is 74.7 cm³/mol. The van der Waals surface area contributed by atoms with Crippen molar-refractivity contribution in [2.75, 3.05) is 12.3 Å². The van der Waals surface area contributed by atoms with E-state index in [1.807, 2.05) is 0 Å². The number of nitrogen functional groups attached to an aromatic ring is 1. The molecular weight excluding hydrogens is 268 g/mol. The lowest BCUT2D eigenvalue weighted by atomic mass is 10.2. The molecule has 1 aromatic heterocycles. The van der Waals surface area contributed by atoms with Gasteiger partial charge in [-0.3, -0.25) is 0 Å². The molecule has 0 aliphatic carbocycles. The maximum Gasteiger partial charge on any atom is 0.407 e. The van der Waals surface area contributed by atoms with Crippen molar-refractivity contribution < 1.29 is 9.53 Å². The smallest absolute Gasteiger partial charge is 0.407 e.